The Hall–Kier alpha value is -0.130. The predicted octanol–water partition coefficient (Wildman–Crippen LogP) is 1.30. The standard InChI is InChI=1S/C9H17NO3S/c1-2-10(14(11,12)13)9-6-7-3-4-8(9)5-7/h7-9H,2-6H2,1H3,(H,11,12,13). The molecule has 5 heteroatoms. The van der Waals surface area contributed by atoms with Gasteiger partial charge in [0.1, 0.15) is 0 Å². The van der Waals surface area contributed by atoms with Crippen molar-refractivity contribution in [2.45, 2.75) is 38.6 Å². The smallest absolute Gasteiger partial charge is 0.273 e. The average Bonchev–Trinajstić information content (AvgIpc) is 2.63. The molecule has 2 aliphatic rings. The van der Waals surface area contributed by atoms with Gasteiger partial charge < -0.3 is 0 Å². The minimum absolute atomic E-state index is 0.0637. The maximum absolute atomic E-state index is 11.1. The monoisotopic (exact) mass is 219 g/mol. The van der Waals surface area contributed by atoms with Crippen LogP contribution < -0.4 is 0 Å². The Kier molecular flexibility index (Phi) is 2.57. The summed E-state index contributed by atoms with van der Waals surface area (Å²) >= 11 is 0. The third-order valence-corrected chi connectivity index (χ3v) is 4.80. The second-order valence-corrected chi connectivity index (χ2v) is 5.79. The van der Waals surface area contributed by atoms with E-state index in [-0.39, 0.29) is 6.04 Å². The van der Waals surface area contributed by atoms with Crippen LogP contribution in [0.3, 0.4) is 0 Å². The Morgan fingerprint density at radius 3 is 2.43 bits per heavy atom. The molecule has 3 unspecified atom stereocenters. The highest BCUT2D eigenvalue weighted by atomic mass is 32.2. The molecule has 1 N–H and O–H groups in total. The number of rotatable bonds is 3. The van der Waals surface area contributed by atoms with Crippen LogP contribution in [0.4, 0.5) is 0 Å². The molecule has 2 saturated carbocycles. The summed E-state index contributed by atoms with van der Waals surface area (Å²) in [6, 6.07) is 0.0637. The highest BCUT2D eigenvalue weighted by molar-refractivity contribution is 7.83. The molecule has 0 aromatic rings. The lowest BCUT2D eigenvalue weighted by Gasteiger charge is -2.30. The van der Waals surface area contributed by atoms with Crippen LogP contribution >= 0.6 is 0 Å². The Morgan fingerprint density at radius 1 is 1.36 bits per heavy atom. The van der Waals surface area contributed by atoms with Crippen molar-refractivity contribution in [2.24, 2.45) is 11.8 Å². The summed E-state index contributed by atoms with van der Waals surface area (Å²) in [5.74, 6) is 1.18. The molecule has 0 aromatic carbocycles. The molecule has 0 spiro atoms. The SMILES string of the molecule is CCN(C1CC2CCC1C2)S(=O)(=O)O. The lowest BCUT2D eigenvalue weighted by molar-refractivity contribution is 0.225. The molecule has 0 aliphatic heterocycles. The van der Waals surface area contributed by atoms with E-state index >= 15 is 0 Å². The highest BCUT2D eigenvalue weighted by Gasteiger charge is 2.44. The van der Waals surface area contributed by atoms with Gasteiger partial charge in [-0.15, -0.1) is 0 Å². The largest absolute Gasteiger partial charge is 0.336 e. The van der Waals surface area contributed by atoms with Crippen molar-refractivity contribution in [3.8, 4) is 0 Å². The van der Waals surface area contributed by atoms with Crippen LogP contribution in [-0.2, 0) is 10.3 Å². The van der Waals surface area contributed by atoms with Crippen LogP contribution in [0, 0.1) is 11.8 Å². The quantitative estimate of drug-likeness (QED) is 0.728. The Morgan fingerprint density at radius 2 is 2.07 bits per heavy atom. The Bertz CT molecular complexity index is 314. The maximum atomic E-state index is 11.1. The van der Waals surface area contributed by atoms with Crippen LogP contribution in [0.5, 0.6) is 0 Å². The number of hydrogen-bond acceptors (Lipinski definition) is 2. The third-order valence-electron chi connectivity index (χ3n) is 3.68. The molecule has 2 rings (SSSR count). The molecule has 0 aromatic heterocycles. The van der Waals surface area contributed by atoms with Gasteiger partial charge in [-0.3, -0.25) is 4.55 Å². The van der Waals surface area contributed by atoms with Gasteiger partial charge in [-0.2, -0.15) is 12.7 Å². The first-order valence-corrected chi connectivity index (χ1v) is 6.66. The second-order valence-electron chi connectivity index (χ2n) is 4.42. The zero-order valence-electron chi connectivity index (χ0n) is 8.39. The van der Waals surface area contributed by atoms with Crippen LogP contribution in [0.1, 0.15) is 32.6 Å². The van der Waals surface area contributed by atoms with Crippen LogP contribution in [0.2, 0.25) is 0 Å². The lowest BCUT2D eigenvalue weighted by atomic mass is 9.95. The van der Waals surface area contributed by atoms with Crippen LogP contribution in [0.25, 0.3) is 0 Å². The molecule has 3 atom stereocenters. The Labute approximate surface area is 85.2 Å². The normalized spacial score (nSPS) is 36.9. The lowest BCUT2D eigenvalue weighted by Crippen LogP contribution is -2.42. The summed E-state index contributed by atoms with van der Waals surface area (Å²) in [5, 5.41) is 0. The number of fused-ring (bicyclic) bond motifs is 2. The van der Waals surface area contributed by atoms with Crippen molar-refractivity contribution < 1.29 is 13.0 Å². The topological polar surface area (TPSA) is 57.6 Å². The minimum Gasteiger partial charge on any atom is -0.273 e. The first-order valence-electron chi connectivity index (χ1n) is 5.26. The van der Waals surface area contributed by atoms with Gasteiger partial charge in [0.15, 0.2) is 0 Å². The van der Waals surface area contributed by atoms with E-state index in [9.17, 15) is 8.42 Å². The predicted molar refractivity (Wildman–Crippen MR) is 53.2 cm³/mol. The molecule has 2 fully saturated rings. The summed E-state index contributed by atoms with van der Waals surface area (Å²) in [6.45, 7) is 2.16. The van der Waals surface area contributed by atoms with Gasteiger partial charge in [-0.1, -0.05) is 13.3 Å². The summed E-state index contributed by atoms with van der Waals surface area (Å²) in [4.78, 5) is 0. The van der Waals surface area contributed by atoms with Crippen molar-refractivity contribution in [3.05, 3.63) is 0 Å². The number of hydrogen-bond donors (Lipinski definition) is 1. The van der Waals surface area contributed by atoms with Crippen molar-refractivity contribution in [3.63, 3.8) is 0 Å². The van der Waals surface area contributed by atoms with E-state index in [0.29, 0.717) is 18.4 Å². The first-order chi connectivity index (χ1) is 6.52. The molecule has 14 heavy (non-hydrogen) atoms. The maximum Gasteiger partial charge on any atom is 0.336 e. The van der Waals surface area contributed by atoms with Crippen molar-refractivity contribution in [2.75, 3.05) is 6.54 Å². The fourth-order valence-corrected chi connectivity index (χ4v) is 4.06. The van der Waals surface area contributed by atoms with Gasteiger partial charge in [0.2, 0.25) is 0 Å². The van der Waals surface area contributed by atoms with E-state index in [1.807, 2.05) is 0 Å². The van der Waals surface area contributed by atoms with Crippen molar-refractivity contribution in [1.29, 1.82) is 0 Å². The van der Waals surface area contributed by atoms with E-state index in [1.165, 1.54) is 10.7 Å². The van der Waals surface area contributed by atoms with E-state index < -0.39 is 10.3 Å². The molecule has 4 nitrogen and oxygen atoms in total. The molecule has 2 aliphatic carbocycles. The van der Waals surface area contributed by atoms with E-state index in [0.717, 1.165) is 19.3 Å². The summed E-state index contributed by atoms with van der Waals surface area (Å²) in [5.41, 5.74) is 0. The summed E-state index contributed by atoms with van der Waals surface area (Å²) in [6.07, 6.45) is 4.46. The zero-order chi connectivity index (χ0) is 10.3. The van der Waals surface area contributed by atoms with Crippen molar-refractivity contribution in [1.82, 2.24) is 4.31 Å². The van der Waals surface area contributed by atoms with E-state index in [2.05, 4.69) is 0 Å². The molecule has 0 saturated heterocycles. The molecular formula is C9H17NO3S. The van der Waals surface area contributed by atoms with Gasteiger partial charge >= 0.3 is 10.3 Å². The van der Waals surface area contributed by atoms with Crippen LogP contribution in [0.15, 0.2) is 0 Å². The second kappa shape index (κ2) is 3.47. The molecule has 0 radical (unpaired) electrons. The fourth-order valence-electron chi connectivity index (χ4n) is 3.13. The van der Waals surface area contributed by atoms with Gasteiger partial charge in [0, 0.05) is 12.6 Å². The van der Waals surface area contributed by atoms with Gasteiger partial charge in [0.25, 0.3) is 0 Å². The highest BCUT2D eigenvalue weighted by Crippen LogP contribution is 2.46. The van der Waals surface area contributed by atoms with Gasteiger partial charge in [-0.05, 0) is 31.1 Å². The molecule has 0 amide bonds. The van der Waals surface area contributed by atoms with E-state index in [4.69, 9.17) is 4.55 Å². The van der Waals surface area contributed by atoms with Gasteiger partial charge in [-0.25, -0.2) is 0 Å². The van der Waals surface area contributed by atoms with Crippen molar-refractivity contribution >= 4 is 10.3 Å². The fraction of sp³-hybridized carbons (Fsp3) is 1.00. The average molecular weight is 219 g/mol. The minimum atomic E-state index is -3.99. The summed E-state index contributed by atoms with van der Waals surface area (Å²) in [7, 11) is -3.99. The first kappa shape index (κ1) is 10.4. The molecule has 0 heterocycles. The van der Waals surface area contributed by atoms with E-state index in [1.54, 1.807) is 6.92 Å². The zero-order valence-corrected chi connectivity index (χ0v) is 9.20. The summed E-state index contributed by atoms with van der Waals surface area (Å²) < 4.78 is 32.5. The molecule has 2 bridgehead atoms. The number of nitrogens with zero attached hydrogens (tertiary/aromatic N) is 1. The van der Waals surface area contributed by atoms with Gasteiger partial charge in [0.05, 0.1) is 0 Å². The van der Waals surface area contributed by atoms with Crippen LogP contribution in [-0.4, -0.2) is 29.9 Å². The molecule has 82 valence electrons. The Balaban J connectivity index is 2.14. The third kappa shape index (κ3) is 1.68. The molecular weight excluding hydrogens is 202 g/mol.